The van der Waals surface area contributed by atoms with E-state index in [1.165, 1.54) is 13.8 Å². The number of aliphatic hydroxyl groups excluding tert-OH is 6. The third kappa shape index (κ3) is 39.3. The van der Waals surface area contributed by atoms with Gasteiger partial charge in [-0.2, -0.15) is 23.5 Å². The molecular weight excluding hydrogens is 1680 g/mol. The number of aliphatic hydroxyl groups is 6. The van der Waals surface area contributed by atoms with Crippen molar-refractivity contribution in [3.8, 4) is 22.3 Å². The summed E-state index contributed by atoms with van der Waals surface area (Å²) in [6.07, 6.45) is -13.9. The first-order valence-electron chi connectivity index (χ1n) is 41.2. The first kappa shape index (κ1) is 107. The molecule has 686 valence electrons. The first-order chi connectivity index (χ1) is 60.0. The standard InChI is InChI=1S/C86H120N6O30S2.Na/c1-59(93)90-74-69(95)55-85(83(105)106,121-78(74)76(100)71(97)57-88-81(103)65-19-15-63(16-20-65)61-11-5-3-6-12-61)119-29-9-51-123-53-49-117-47-45-115-43-41-113-39-37-111-35-33-109-31-27-73(99)92-68-25-23-67(24-26-68)80(102)87-28-32-110-34-36-112-38-40-114-42-44-116-46-48-118-50-54-124-52-10-30-120-86(84(107)108)56-70(96)75(91-60(2)94)79(122-86)77(101)72(98)58-89-82(104)66-21-17-64(18-22-66)62-13-7-4-8-14-62;/h3-8,11-26,69-72,74-79,95-98,100-101H,9-10,27-58H2,1-2H3,(H,87,102)(H,88,103)(H,89,104)(H,90,93)(H,91,94)(H,92,99)(H,105,106)(H,107,108);/q;+1/t69-,70-,71+,72+,74+,75+,76?,77?,78+,79+,85+,86+;/m0./s1. The zero-order valence-corrected chi connectivity index (χ0v) is 74.5. The Labute approximate surface area is 757 Å². The molecule has 0 spiro atoms. The van der Waals surface area contributed by atoms with Crippen molar-refractivity contribution in [2.45, 2.75) is 118 Å². The van der Waals surface area contributed by atoms with Gasteiger partial charge in [-0.05, 0) is 95.1 Å². The van der Waals surface area contributed by atoms with Gasteiger partial charge in [-0.15, -0.1) is 0 Å². The van der Waals surface area contributed by atoms with Gasteiger partial charge in [0.1, 0.15) is 24.4 Å². The Hall–Kier alpha value is -7.24. The van der Waals surface area contributed by atoms with E-state index in [4.69, 9.17) is 66.3 Å². The van der Waals surface area contributed by atoms with Crippen LogP contribution in [0.15, 0.2) is 133 Å². The normalized spacial score (nSPS) is 19.6. The summed E-state index contributed by atoms with van der Waals surface area (Å²) in [5, 5.41) is 103. The molecule has 2 saturated heterocycles. The van der Waals surface area contributed by atoms with Crippen LogP contribution in [-0.2, 0) is 90.3 Å². The molecule has 14 N–H and O–H groups in total. The quantitative estimate of drug-likeness (QED) is 0.0176. The summed E-state index contributed by atoms with van der Waals surface area (Å²) in [5.74, 6) is -8.48. The van der Waals surface area contributed by atoms with Crippen molar-refractivity contribution in [2.24, 2.45) is 0 Å². The summed E-state index contributed by atoms with van der Waals surface area (Å²) in [6.45, 7) is 8.27. The van der Waals surface area contributed by atoms with Gasteiger partial charge in [-0.3, -0.25) is 28.8 Å². The van der Waals surface area contributed by atoms with E-state index in [0.717, 1.165) is 22.3 Å². The number of amides is 6. The molecule has 2 aliphatic heterocycles. The number of carboxylic acids is 2. The molecule has 0 aromatic heterocycles. The number of hydrogen-bond donors (Lipinski definition) is 14. The van der Waals surface area contributed by atoms with Gasteiger partial charge in [0.2, 0.25) is 17.7 Å². The van der Waals surface area contributed by atoms with Crippen LogP contribution in [0.2, 0.25) is 0 Å². The summed E-state index contributed by atoms with van der Waals surface area (Å²) in [7, 11) is 0. The SMILES string of the molecule is CC(=O)N[C@@H]1[C@@H](O)C[C@](OCCCSCCOCCOCCOCCOCCOCCNC(=O)c2ccc(NC(=O)CCOCCOCCOCCOCCOCCSCCCO[C@]3(C(=O)O)C[C@H](O)[C@@H](NC(C)=O)[C@H](C(O)[C@H](O)CNC(=O)c4ccc(-c5ccccc5)cc4)O3)cc2)(C(=O)O)O[C@H]1C(O)[C@H](O)CNC(=O)c1ccc(-c2ccccc2)cc1.[Na+]. The molecule has 5 aromatic rings. The Morgan fingerprint density at radius 1 is 0.400 bits per heavy atom. The van der Waals surface area contributed by atoms with Crippen molar-refractivity contribution >= 4 is 76.6 Å². The molecule has 12 atom stereocenters. The monoisotopic (exact) mass is 1800 g/mol. The van der Waals surface area contributed by atoms with Crippen LogP contribution in [0, 0.1) is 0 Å². The van der Waals surface area contributed by atoms with Gasteiger partial charge in [-0.25, -0.2) is 9.59 Å². The number of carbonyl (C=O) groups is 8. The second-order valence-corrected chi connectivity index (χ2v) is 31.0. The van der Waals surface area contributed by atoms with Crippen molar-refractivity contribution < 1.29 is 175 Å². The topological polar surface area (TPSA) is 500 Å². The Morgan fingerprint density at radius 2 is 0.712 bits per heavy atom. The Kier molecular flexibility index (Phi) is 51.6. The van der Waals surface area contributed by atoms with Gasteiger partial charge >= 0.3 is 41.5 Å². The smallest absolute Gasteiger partial charge is 0.477 e. The van der Waals surface area contributed by atoms with Gasteiger partial charge < -0.3 is 139 Å². The fourth-order valence-corrected chi connectivity index (χ4v) is 14.2. The van der Waals surface area contributed by atoms with Crippen LogP contribution in [0.3, 0.4) is 0 Å². The minimum absolute atomic E-state index is 0. The van der Waals surface area contributed by atoms with Gasteiger partial charge in [0.05, 0.1) is 188 Å². The van der Waals surface area contributed by atoms with Crippen molar-refractivity contribution in [3.05, 3.63) is 150 Å². The van der Waals surface area contributed by atoms with E-state index < -0.39 is 134 Å². The van der Waals surface area contributed by atoms with Crippen LogP contribution in [0.1, 0.15) is 77.0 Å². The number of nitrogens with one attached hydrogen (secondary N) is 6. The Morgan fingerprint density at radius 3 is 1.06 bits per heavy atom. The molecule has 0 aliphatic carbocycles. The summed E-state index contributed by atoms with van der Waals surface area (Å²) >= 11 is 3.08. The van der Waals surface area contributed by atoms with E-state index in [1.807, 2.05) is 60.7 Å². The predicted octanol–water partition coefficient (Wildman–Crippen LogP) is -0.297. The van der Waals surface area contributed by atoms with Gasteiger partial charge in [-0.1, -0.05) is 84.9 Å². The number of aliphatic carboxylic acids is 2. The second-order valence-electron chi connectivity index (χ2n) is 28.6. The second kappa shape index (κ2) is 60.5. The van der Waals surface area contributed by atoms with Crippen LogP contribution in [0.25, 0.3) is 22.3 Å². The number of rotatable bonds is 64. The average molecular weight is 1810 g/mol. The van der Waals surface area contributed by atoms with E-state index in [0.29, 0.717) is 159 Å². The summed E-state index contributed by atoms with van der Waals surface area (Å²) in [5.41, 5.74) is 5.21. The molecule has 7 rings (SSSR count). The molecule has 2 aliphatic rings. The van der Waals surface area contributed by atoms with Crippen LogP contribution in [0.5, 0.6) is 0 Å². The number of anilines is 1. The van der Waals surface area contributed by atoms with Crippen LogP contribution in [0.4, 0.5) is 5.69 Å². The molecule has 36 nitrogen and oxygen atoms in total. The maximum Gasteiger partial charge on any atom is 1.00 e. The van der Waals surface area contributed by atoms with E-state index in [9.17, 15) is 79.2 Å². The van der Waals surface area contributed by atoms with Crippen molar-refractivity contribution in [1.82, 2.24) is 26.6 Å². The van der Waals surface area contributed by atoms with Gasteiger partial charge in [0.25, 0.3) is 29.3 Å². The fourth-order valence-electron chi connectivity index (χ4n) is 12.7. The third-order valence-corrected chi connectivity index (χ3v) is 21.2. The number of thioether (sulfide) groups is 2. The molecule has 5 aromatic carbocycles. The van der Waals surface area contributed by atoms with Crippen molar-refractivity contribution in [2.75, 3.05) is 193 Å². The third-order valence-electron chi connectivity index (χ3n) is 19.1. The summed E-state index contributed by atoms with van der Waals surface area (Å²) < 4.78 is 78.9. The van der Waals surface area contributed by atoms with Crippen molar-refractivity contribution in [1.29, 1.82) is 0 Å². The number of carbonyl (C=O) groups excluding carboxylic acids is 6. The molecule has 6 amide bonds. The first-order valence-corrected chi connectivity index (χ1v) is 43.5. The minimum Gasteiger partial charge on any atom is -0.477 e. The maximum atomic E-state index is 13.0. The molecule has 2 unspecified atom stereocenters. The molecule has 0 saturated carbocycles. The fraction of sp³-hybridized carbons (Fsp3) is 0.558. The molecule has 0 bridgehead atoms. The van der Waals surface area contributed by atoms with E-state index in [-0.39, 0.29) is 98.5 Å². The van der Waals surface area contributed by atoms with Crippen LogP contribution in [-0.4, -0.2) is 349 Å². The average Bonchev–Trinajstić information content (AvgIpc) is 0.771. The van der Waals surface area contributed by atoms with Crippen molar-refractivity contribution in [3.63, 3.8) is 0 Å². The zero-order chi connectivity index (χ0) is 89.2. The molecule has 39 heteroatoms. The number of benzene rings is 5. The van der Waals surface area contributed by atoms with Gasteiger partial charge in [0.15, 0.2) is 0 Å². The summed E-state index contributed by atoms with van der Waals surface area (Å²) in [6, 6.07) is 36.5. The number of carboxylic acid groups (broad SMARTS) is 2. The Balaban J connectivity index is 0.0000241. The minimum atomic E-state index is -2.42. The van der Waals surface area contributed by atoms with E-state index in [1.54, 1.807) is 96.3 Å². The molecule has 0 radical (unpaired) electrons. The number of hydrogen-bond acceptors (Lipinski definition) is 30. The largest absolute Gasteiger partial charge is 1.00 e. The summed E-state index contributed by atoms with van der Waals surface area (Å²) in [4.78, 5) is 101. The molecule has 2 heterocycles. The predicted molar refractivity (Wildman–Crippen MR) is 455 cm³/mol. The maximum absolute atomic E-state index is 13.0. The van der Waals surface area contributed by atoms with Crippen LogP contribution < -0.4 is 61.5 Å². The molecule has 2 fully saturated rings. The van der Waals surface area contributed by atoms with Crippen LogP contribution >= 0.6 is 23.5 Å². The molecule has 125 heavy (non-hydrogen) atoms. The zero-order valence-electron chi connectivity index (χ0n) is 70.9. The van der Waals surface area contributed by atoms with Gasteiger partial charge in [0, 0.05) is 80.2 Å². The molecular formula is C86H120N6NaO30S2+. The Bertz CT molecular complexity index is 3920. The number of ether oxygens (including phenoxy) is 14. The van der Waals surface area contributed by atoms with E-state index in [2.05, 4.69) is 31.9 Å². The van der Waals surface area contributed by atoms with E-state index >= 15 is 0 Å².